The molecule has 2 aliphatic heterocycles. The van der Waals surface area contributed by atoms with Gasteiger partial charge in [-0.15, -0.1) is 0 Å². The van der Waals surface area contributed by atoms with Gasteiger partial charge in [0.05, 0.1) is 16.0 Å². The van der Waals surface area contributed by atoms with Gasteiger partial charge in [0.2, 0.25) is 10.0 Å². The van der Waals surface area contributed by atoms with Crippen molar-refractivity contribution in [3.8, 4) is 0 Å². The van der Waals surface area contributed by atoms with Crippen molar-refractivity contribution in [2.45, 2.75) is 18.2 Å². The highest BCUT2D eigenvalue weighted by Crippen LogP contribution is 2.23. The minimum absolute atomic E-state index is 0.232. The third-order valence-electron chi connectivity index (χ3n) is 5.72. The molecule has 2 aromatic rings. The van der Waals surface area contributed by atoms with Gasteiger partial charge in [-0.25, -0.2) is 8.42 Å². The molecule has 1 saturated heterocycles. The molecule has 0 aliphatic carbocycles. The van der Waals surface area contributed by atoms with Crippen LogP contribution in [0.4, 0.5) is 0 Å². The average Bonchev–Trinajstić information content (AvgIpc) is 2.99. The van der Waals surface area contributed by atoms with Gasteiger partial charge in [0, 0.05) is 32.7 Å². The van der Waals surface area contributed by atoms with Gasteiger partial charge in [-0.2, -0.15) is 4.31 Å². The summed E-state index contributed by atoms with van der Waals surface area (Å²) in [4.78, 5) is 28.6. The van der Waals surface area contributed by atoms with Crippen LogP contribution in [0.5, 0.6) is 0 Å². The first-order valence-electron chi connectivity index (χ1n) is 10.1. The number of hydrogen-bond donors (Lipinski definition) is 0. The monoisotopic (exact) mass is 427 g/mol. The lowest BCUT2D eigenvalue weighted by molar-refractivity contribution is 0.0644. The second-order valence-electron chi connectivity index (χ2n) is 7.72. The smallest absolute Gasteiger partial charge is 0.261 e. The van der Waals surface area contributed by atoms with Crippen molar-refractivity contribution in [3.05, 3.63) is 65.2 Å². The maximum absolute atomic E-state index is 12.8. The Balaban J connectivity index is 1.27. The highest BCUT2D eigenvalue weighted by atomic mass is 32.2. The fraction of sp³-hybridized carbons (Fsp3) is 0.364. The number of sulfonamides is 1. The molecule has 30 heavy (non-hydrogen) atoms. The lowest BCUT2D eigenvalue weighted by Crippen LogP contribution is -2.49. The zero-order valence-electron chi connectivity index (χ0n) is 17.0. The SMILES string of the molecule is Cc1ccc(S(=O)(=O)N2CCN(CCCN3C(=O)c4ccccc4C3=O)CC2)cc1. The van der Waals surface area contributed by atoms with Crippen molar-refractivity contribution >= 4 is 21.8 Å². The van der Waals surface area contributed by atoms with Crippen LogP contribution in [0.2, 0.25) is 0 Å². The first kappa shape index (κ1) is 20.7. The molecular formula is C22H25N3O4S. The molecule has 2 aromatic carbocycles. The molecule has 0 saturated carbocycles. The fourth-order valence-electron chi connectivity index (χ4n) is 3.95. The van der Waals surface area contributed by atoms with Gasteiger partial charge < -0.3 is 4.90 Å². The molecule has 0 unspecified atom stereocenters. The van der Waals surface area contributed by atoms with E-state index < -0.39 is 10.0 Å². The molecule has 7 nitrogen and oxygen atoms in total. The van der Waals surface area contributed by atoms with Crippen LogP contribution in [0, 0.1) is 6.92 Å². The number of amides is 2. The number of nitrogens with zero attached hydrogens (tertiary/aromatic N) is 3. The molecule has 0 atom stereocenters. The van der Waals surface area contributed by atoms with E-state index in [2.05, 4.69) is 4.90 Å². The quantitative estimate of drug-likeness (QED) is 0.659. The van der Waals surface area contributed by atoms with E-state index in [9.17, 15) is 18.0 Å². The predicted molar refractivity (Wildman–Crippen MR) is 113 cm³/mol. The highest BCUT2D eigenvalue weighted by molar-refractivity contribution is 7.89. The second kappa shape index (κ2) is 8.29. The fourth-order valence-corrected chi connectivity index (χ4v) is 5.37. The molecule has 8 heteroatoms. The van der Waals surface area contributed by atoms with E-state index in [1.54, 1.807) is 36.4 Å². The molecule has 2 heterocycles. The largest absolute Gasteiger partial charge is 0.301 e. The highest BCUT2D eigenvalue weighted by Gasteiger charge is 2.35. The first-order valence-corrected chi connectivity index (χ1v) is 11.6. The van der Waals surface area contributed by atoms with Crippen molar-refractivity contribution in [2.24, 2.45) is 0 Å². The summed E-state index contributed by atoms with van der Waals surface area (Å²) >= 11 is 0. The third-order valence-corrected chi connectivity index (χ3v) is 7.64. The maximum Gasteiger partial charge on any atom is 0.261 e. The number of fused-ring (bicyclic) bond motifs is 1. The Morgan fingerprint density at radius 1 is 0.800 bits per heavy atom. The van der Waals surface area contributed by atoms with Crippen LogP contribution in [0.3, 0.4) is 0 Å². The number of aryl methyl sites for hydroxylation is 1. The van der Waals surface area contributed by atoms with Crippen LogP contribution < -0.4 is 0 Å². The Kier molecular flexibility index (Phi) is 5.73. The molecule has 0 radical (unpaired) electrons. The Morgan fingerprint density at radius 2 is 1.37 bits per heavy atom. The Bertz CT molecular complexity index is 1020. The summed E-state index contributed by atoms with van der Waals surface area (Å²) in [6, 6.07) is 13.8. The summed E-state index contributed by atoms with van der Waals surface area (Å²) in [6.07, 6.45) is 0.663. The van der Waals surface area contributed by atoms with Crippen LogP contribution in [0.15, 0.2) is 53.4 Å². The molecule has 2 aliphatic rings. The van der Waals surface area contributed by atoms with Crippen LogP contribution in [0.25, 0.3) is 0 Å². The zero-order chi connectivity index (χ0) is 21.3. The normalized spacial score (nSPS) is 18.1. The molecule has 158 valence electrons. The topological polar surface area (TPSA) is 78.0 Å². The van der Waals surface area contributed by atoms with Crippen LogP contribution in [-0.2, 0) is 10.0 Å². The summed E-state index contributed by atoms with van der Waals surface area (Å²) < 4.78 is 27.1. The predicted octanol–water partition coefficient (Wildman–Crippen LogP) is 1.99. The lowest BCUT2D eigenvalue weighted by atomic mass is 10.1. The van der Waals surface area contributed by atoms with E-state index in [0.717, 1.165) is 5.56 Å². The Hall–Kier alpha value is -2.55. The molecule has 0 bridgehead atoms. The van der Waals surface area contributed by atoms with Gasteiger partial charge in [-0.1, -0.05) is 29.8 Å². The number of carbonyl (C=O) groups is 2. The van der Waals surface area contributed by atoms with Crippen LogP contribution in [0.1, 0.15) is 32.7 Å². The zero-order valence-corrected chi connectivity index (χ0v) is 17.8. The number of imide groups is 1. The minimum Gasteiger partial charge on any atom is -0.301 e. The minimum atomic E-state index is -3.47. The van der Waals surface area contributed by atoms with Gasteiger partial charge in [0.15, 0.2) is 0 Å². The van der Waals surface area contributed by atoms with E-state index in [4.69, 9.17) is 0 Å². The molecular weight excluding hydrogens is 402 g/mol. The summed E-state index contributed by atoms with van der Waals surface area (Å²) in [7, 11) is -3.47. The molecule has 1 fully saturated rings. The number of rotatable bonds is 6. The molecule has 4 rings (SSSR count). The van der Waals surface area contributed by atoms with Gasteiger partial charge in [-0.05, 0) is 44.2 Å². The second-order valence-corrected chi connectivity index (χ2v) is 9.66. The van der Waals surface area contributed by atoms with Gasteiger partial charge in [0.1, 0.15) is 0 Å². The average molecular weight is 428 g/mol. The number of piperazine rings is 1. The third kappa shape index (κ3) is 3.90. The lowest BCUT2D eigenvalue weighted by Gasteiger charge is -2.34. The summed E-state index contributed by atoms with van der Waals surface area (Å²) in [6.45, 7) is 5.14. The van der Waals surface area contributed by atoms with E-state index >= 15 is 0 Å². The Labute approximate surface area is 176 Å². The molecule has 2 amide bonds. The van der Waals surface area contributed by atoms with Crippen molar-refractivity contribution in [1.82, 2.24) is 14.1 Å². The molecule has 0 spiro atoms. The van der Waals surface area contributed by atoms with E-state index in [1.165, 1.54) is 9.21 Å². The van der Waals surface area contributed by atoms with E-state index in [0.29, 0.717) is 61.7 Å². The summed E-state index contributed by atoms with van der Waals surface area (Å²) in [5.74, 6) is -0.464. The van der Waals surface area contributed by atoms with Gasteiger partial charge in [-0.3, -0.25) is 14.5 Å². The first-order chi connectivity index (χ1) is 14.4. The van der Waals surface area contributed by atoms with Crippen molar-refractivity contribution in [1.29, 1.82) is 0 Å². The Morgan fingerprint density at radius 3 is 1.93 bits per heavy atom. The van der Waals surface area contributed by atoms with Crippen molar-refractivity contribution < 1.29 is 18.0 Å². The van der Waals surface area contributed by atoms with Crippen molar-refractivity contribution in [3.63, 3.8) is 0 Å². The number of hydrogen-bond acceptors (Lipinski definition) is 5. The van der Waals surface area contributed by atoms with E-state index in [-0.39, 0.29) is 11.8 Å². The number of carbonyl (C=O) groups excluding carboxylic acids is 2. The standard InChI is InChI=1S/C22H25N3O4S/c1-17-7-9-18(10-8-17)30(28,29)24-15-13-23(14-16-24)11-4-12-25-21(26)19-5-2-3-6-20(19)22(25)27/h2-3,5-10H,4,11-16H2,1H3. The maximum atomic E-state index is 12.8. The summed E-state index contributed by atoms with van der Waals surface area (Å²) in [5, 5.41) is 0. The van der Waals surface area contributed by atoms with Gasteiger partial charge in [0.25, 0.3) is 11.8 Å². The molecule has 0 aromatic heterocycles. The number of benzene rings is 2. The van der Waals surface area contributed by atoms with E-state index in [1.807, 2.05) is 19.1 Å². The van der Waals surface area contributed by atoms with Crippen LogP contribution in [-0.4, -0.2) is 73.6 Å². The van der Waals surface area contributed by atoms with Crippen molar-refractivity contribution in [2.75, 3.05) is 39.3 Å². The summed E-state index contributed by atoms with van der Waals surface area (Å²) in [5.41, 5.74) is 1.96. The van der Waals surface area contributed by atoms with Gasteiger partial charge >= 0.3 is 0 Å². The molecule has 0 N–H and O–H groups in total. The van der Waals surface area contributed by atoms with Crippen LogP contribution >= 0.6 is 0 Å².